The monoisotopic (exact) mass is 360 g/mol. The summed E-state index contributed by atoms with van der Waals surface area (Å²) in [6.07, 6.45) is 10.3. The van der Waals surface area contributed by atoms with Crippen molar-refractivity contribution in [3.63, 3.8) is 0 Å². The highest BCUT2D eigenvalue weighted by atomic mass is 32.1. The molecule has 25 heavy (non-hydrogen) atoms. The van der Waals surface area contributed by atoms with E-state index >= 15 is 0 Å². The maximum Gasteiger partial charge on any atom is 0.138 e. The Morgan fingerprint density at radius 3 is 2.88 bits per heavy atom. The predicted octanol–water partition coefficient (Wildman–Crippen LogP) is 3.48. The number of methoxy groups -OCH3 is 1. The summed E-state index contributed by atoms with van der Waals surface area (Å²) in [6, 6.07) is 1.21. The van der Waals surface area contributed by atoms with Crippen LogP contribution >= 0.6 is 11.3 Å². The number of aromatic nitrogens is 2. The van der Waals surface area contributed by atoms with Crippen LogP contribution in [0.4, 0.5) is 5.82 Å². The van der Waals surface area contributed by atoms with Crippen molar-refractivity contribution in [2.75, 3.05) is 32.6 Å². The van der Waals surface area contributed by atoms with Crippen LogP contribution in [0.2, 0.25) is 0 Å². The first-order valence-electron chi connectivity index (χ1n) is 9.47. The van der Waals surface area contributed by atoms with Crippen molar-refractivity contribution >= 4 is 27.4 Å². The van der Waals surface area contributed by atoms with Crippen LogP contribution in [0.1, 0.15) is 42.5 Å². The number of likely N-dealkylation sites (N-methyl/N-ethyl adjacent to an activating group) is 1. The minimum absolute atomic E-state index is 0.530. The fraction of sp³-hybridized carbons (Fsp3) is 0.684. The minimum Gasteiger partial charge on any atom is -0.383 e. The molecule has 2 aliphatic rings. The average Bonchev–Trinajstić information content (AvgIpc) is 3.21. The SMILES string of the molecule is COCCN(C)[C@H]1CC[C@H](Nc2ncnc3sc4c(c23)CCC4)CC1. The zero-order valence-corrected chi connectivity index (χ0v) is 16.1. The van der Waals surface area contributed by atoms with Gasteiger partial charge >= 0.3 is 0 Å². The fourth-order valence-electron chi connectivity index (χ4n) is 4.31. The van der Waals surface area contributed by atoms with Crippen molar-refractivity contribution in [2.24, 2.45) is 0 Å². The average molecular weight is 361 g/mol. The topological polar surface area (TPSA) is 50.3 Å². The van der Waals surface area contributed by atoms with Gasteiger partial charge in [0.25, 0.3) is 0 Å². The molecule has 0 bridgehead atoms. The van der Waals surface area contributed by atoms with Gasteiger partial charge in [-0.2, -0.15) is 0 Å². The molecule has 2 aromatic rings. The summed E-state index contributed by atoms with van der Waals surface area (Å²) in [5.41, 5.74) is 1.51. The first-order valence-corrected chi connectivity index (χ1v) is 10.3. The molecular formula is C19H28N4OS. The van der Waals surface area contributed by atoms with E-state index in [4.69, 9.17) is 4.74 Å². The number of rotatable bonds is 6. The van der Waals surface area contributed by atoms with E-state index < -0.39 is 0 Å². The van der Waals surface area contributed by atoms with Gasteiger partial charge in [-0.1, -0.05) is 0 Å². The lowest BCUT2D eigenvalue weighted by molar-refractivity contribution is 0.121. The number of hydrogen-bond donors (Lipinski definition) is 1. The van der Waals surface area contributed by atoms with Gasteiger partial charge in [0.15, 0.2) is 0 Å². The molecule has 2 aromatic heterocycles. The van der Waals surface area contributed by atoms with Crippen LogP contribution in [0.5, 0.6) is 0 Å². The van der Waals surface area contributed by atoms with E-state index in [1.807, 2.05) is 11.3 Å². The highest BCUT2D eigenvalue weighted by Gasteiger charge is 2.26. The van der Waals surface area contributed by atoms with Gasteiger partial charge in [-0.05, 0) is 57.6 Å². The molecule has 2 aliphatic carbocycles. The Kier molecular flexibility index (Phi) is 5.20. The number of hydrogen-bond acceptors (Lipinski definition) is 6. The van der Waals surface area contributed by atoms with Gasteiger partial charge in [0.05, 0.1) is 12.0 Å². The van der Waals surface area contributed by atoms with E-state index in [0.29, 0.717) is 12.1 Å². The second kappa shape index (κ2) is 7.56. The Morgan fingerprint density at radius 1 is 1.24 bits per heavy atom. The van der Waals surface area contributed by atoms with Crippen LogP contribution in [0.3, 0.4) is 0 Å². The molecule has 0 aliphatic heterocycles. The maximum absolute atomic E-state index is 5.21. The van der Waals surface area contributed by atoms with Crippen molar-refractivity contribution in [1.29, 1.82) is 0 Å². The smallest absolute Gasteiger partial charge is 0.138 e. The summed E-state index contributed by atoms with van der Waals surface area (Å²) >= 11 is 1.86. The molecule has 136 valence electrons. The van der Waals surface area contributed by atoms with Crippen molar-refractivity contribution in [3.05, 3.63) is 16.8 Å². The lowest BCUT2D eigenvalue weighted by atomic mass is 9.90. The Hall–Kier alpha value is -1.24. The highest BCUT2D eigenvalue weighted by molar-refractivity contribution is 7.19. The third kappa shape index (κ3) is 3.52. The minimum atomic E-state index is 0.530. The van der Waals surface area contributed by atoms with Crippen LogP contribution in [-0.4, -0.2) is 54.3 Å². The predicted molar refractivity (Wildman–Crippen MR) is 104 cm³/mol. The van der Waals surface area contributed by atoms with E-state index in [1.54, 1.807) is 13.4 Å². The van der Waals surface area contributed by atoms with Gasteiger partial charge in [-0.3, -0.25) is 0 Å². The first-order chi connectivity index (χ1) is 12.3. The van der Waals surface area contributed by atoms with Gasteiger partial charge < -0.3 is 15.0 Å². The summed E-state index contributed by atoms with van der Waals surface area (Å²) in [7, 11) is 4.00. The molecule has 0 unspecified atom stereocenters. The molecule has 0 atom stereocenters. The van der Waals surface area contributed by atoms with Crippen molar-refractivity contribution < 1.29 is 4.74 Å². The molecule has 1 fully saturated rings. The van der Waals surface area contributed by atoms with Crippen LogP contribution in [-0.2, 0) is 17.6 Å². The second-order valence-electron chi connectivity index (χ2n) is 7.38. The standard InChI is InChI=1S/C19H28N4OS/c1-23(10-11-24-2)14-8-6-13(7-9-14)22-18-17-15-4-3-5-16(15)25-19(17)21-12-20-18/h12-14H,3-11H2,1-2H3,(H,20,21,22)/t13-,14-. The van der Waals surface area contributed by atoms with Crippen LogP contribution in [0.15, 0.2) is 6.33 Å². The second-order valence-corrected chi connectivity index (χ2v) is 8.47. The Morgan fingerprint density at radius 2 is 2.08 bits per heavy atom. The summed E-state index contributed by atoms with van der Waals surface area (Å²) in [4.78, 5) is 14.3. The number of anilines is 1. The van der Waals surface area contributed by atoms with E-state index in [2.05, 4.69) is 27.2 Å². The maximum atomic E-state index is 5.21. The largest absolute Gasteiger partial charge is 0.383 e. The normalized spacial score (nSPS) is 23.3. The molecule has 2 heterocycles. The number of thiophene rings is 1. The third-order valence-corrected chi connectivity index (χ3v) is 7.01. The third-order valence-electron chi connectivity index (χ3n) is 5.81. The van der Waals surface area contributed by atoms with Crippen molar-refractivity contribution in [1.82, 2.24) is 14.9 Å². The van der Waals surface area contributed by atoms with Crippen molar-refractivity contribution in [3.8, 4) is 0 Å². The molecule has 0 radical (unpaired) electrons. The van der Waals surface area contributed by atoms with E-state index in [0.717, 1.165) is 23.8 Å². The summed E-state index contributed by atoms with van der Waals surface area (Å²) in [6.45, 7) is 1.84. The summed E-state index contributed by atoms with van der Waals surface area (Å²) in [5.74, 6) is 1.07. The van der Waals surface area contributed by atoms with Crippen LogP contribution in [0, 0.1) is 0 Å². The number of fused-ring (bicyclic) bond motifs is 3. The van der Waals surface area contributed by atoms with Crippen LogP contribution in [0.25, 0.3) is 10.2 Å². The molecule has 5 nitrogen and oxygen atoms in total. The molecule has 1 saturated carbocycles. The van der Waals surface area contributed by atoms with E-state index in [-0.39, 0.29) is 0 Å². The molecule has 6 heteroatoms. The highest BCUT2D eigenvalue weighted by Crippen LogP contribution is 2.39. The van der Waals surface area contributed by atoms with E-state index in [1.165, 1.54) is 60.8 Å². The number of nitrogens with zero attached hydrogens (tertiary/aromatic N) is 3. The molecule has 0 amide bonds. The molecule has 0 saturated heterocycles. The Balaban J connectivity index is 1.42. The molecular weight excluding hydrogens is 332 g/mol. The summed E-state index contributed by atoms with van der Waals surface area (Å²) in [5, 5.41) is 5.06. The number of nitrogens with one attached hydrogen (secondary N) is 1. The van der Waals surface area contributed by atoms with Gasteiger partial charge in [0.1, 0.15) is 17.0 Å². The van der Waals surface area contributed by atoms with Gasteiger partial charge in [-0.15, -0.1) is 11.3 Å². The Labute approximate surface area is 153 Å². The molecule has 0 aromatic carbocycles. The zero-order chi connectivity index (χ0) is 17.2. The molecule has 4 rings (SSSR count). The number of ether oxygens (including phenoxy) is 1. The molecule has 0 spiro atoms. The fourth-order valence-corrected chi connectivity index (χ4v) is 5.54. The van der Waals surface area contributed by atoms with Gasteiger partial charge in [0.2, 0.25) is 0 Å². The quantitative estimate of drug-likeness (QED) is 0.855. The zero-order valence-electron chi connectivity index (χ0n) is 15.3. The lowest BCUT2D eigenvalue weighted by Crippen LogP contribution is -2.39. The lowest BCUT2D eigenvalue weighted by Gasteiger charge is -2.35. The van der Waals surface area contributed by atoms with E-state index in [9.17, 15) is 0 Å². The van der Waals surface area contributed by atoms with Crippen molar-refractivity contribution in [2.45, 2.75) is 57.0 Å². The number of aryl methyl sites for hydroxylation is 2. The first kappa shape index (κ1) is 17.2. The van der Waals surface area contributed by atoms with Gasteiger partial charge in [-0.25, -0.2) is 9.97 Å². The van der Waals surface area contributed by atoms with Gasteiger partial charge in [0, 0.05) is 30.6 Å². The van der Waals surface area contributed by atoms with Crippen LogP contribution < -0.4 is 5.32 Å². The summed E-state index contributed by atoms with van der Waals surface area (Å²) < 4.78 is 5.21. The molecule has 1 N–H and O–H groups in total. The Bertz CT molecular complexity index is 724.